The van der Waals surface area contributed by atoms with E-state index in [0.29, 0.717) is 12.1 Å². The average Bonchev–Trinajstić information content (AvgIpc) is 2.95. The maximum Gasteiger partial charge on any atom is 0.257 e. The molecule has 0 bridgehead atoms. The molecule has 0 aromatic carbocycles. The summed E-state index contributed by atoms with van der Waals surface area (Å²) in [7, 11) is 0. The van der Waals surface area contributed by atoms with Crippen LogP contribution in [0.4, 0.5) is 0 Å². The molecule has 1 aliphatic heterocycles. The number of carbonyl (C=O) groups excluding carboxylic acids is 1. The van der Waals surface area contributed by atoms with Gasteiger partial charge < -0.3 is 10.2 Å². The molecular formula is C18H25N5O. The van der Waals surface area contributed by atoms with Gasteiger partial charge in [-0.3, -0.25) is 14.5 Å². The molecule has 2 aromatic heterocycles. The molecule has 0 spiro atoms. The van der Waals surface area contributed by atoms with E-state index < -0.39 is 0 Å². The van der Waals surface area contributed by atoms with E-state index in [4.69, 9.17) is 0 Å². The normalized spacial score (nSPS) is 18.1. The van der Waals surface area contributed by atoms with E-state index >= 15 is 0 Å². The van der Waals surface area contributed by atoms with Gasteiger partial charge in [-0.2, -0.15) is 5.10 Å². The fourth-order valence-electron chi connectivity index (χ4n) is 3.16. The van der Waals surface area contributed by atoms with E-state index in [1.165, 1.54) is 0 Å². The van der Waals surface area contributed by atoms with E-state index in [9.17, 15) is 4.79 Å². The Morgan fingerprint density at radius 1 is 1.38 bits per heavy atom. The molecule has 1 aliphatic rings. The molecule has 0 radical (unpaired) electrons. The van der Waals surface area contributed by atoms with Gasteiger partial charge in [0.15, 0.2) is 0 Å². The Bertz CT molecular complexity index is 646. The van der Waals surface area contributed by atoms with Crippen LogP contribution in [0.3, 0.4) is 0 Å². The van der Waals surface area contributed by atoms with Crippen LogP contribution in [0, 0.1) is 0 Å². The molecule has 1 fully saturated rings. The summed E-state index contributed by atoms with van der Waals surface area (Å²) in [5.41, 5.74) is 1.58. The zero-order chi connectivity index (χ0) is 16.8. The number of nitrogens with one attached hydrogen (secondary N) is 1. The maximum atomic E-state index is 13.1. The first-order valence-electron chi connectivity index (χ1n) is 8.72. The minimum atomic E-state index is 0.0484. The minimum Gasteiger partial charge on any atom is -0.330 e. The first kappa shape index (κ1) is 16.6. The summed E-state index contributed by atoms with van der Waals surface area (Å²) in [6.45, 7) is 5.30. The van der Waals surface area contributed by atoms with Crippen molar-refractivity contribution in [3.8, 4) is 0 Å². The summed E-state index contributed by atoms with van der Waals surface area (Å²) < 4.78 is 1.79. The Morgan fingerprint density at radius 2 is 2.29 bits per heavy atom. The Labute approximate surface area is 142 Å². The molecule has 0 aliphatic carbocycles. The Morgan fingerprint density at radius 3 is 3.04 bits per heavy atom. The second-order valence-electron chi connectivity index (χ2n) is 6.17. The van der Waals surface area contributed by atoms with Crippen LogP contribution in [-0.4, -0.2) is 44.7 Å². The number of hydrogen-bond donors (Lipinski definition) is 1. The fraction of sp³-hybridized carbons (Fsp3) is 0.500. The summed E-state index contributed by atoms with van der Waals surface area (Å²) in [5, 5.41) is 7.67. The van der Waals surface area contributed by atoms with E-state index in [2.05, 4.69) is 15.4 Å². The SMILES string of the molecule is CCn1cc(C(=O)N(Cc2ccccn2)C2CCCNCC2)cn1. The van der Waals surface area contributed by atoms with E-state index in [1.807, 2.05) is 36.2 Å². The Balaban J connectivity index is 1.83. The van der Waals surface area contributed by atoms with Crippen molar-refractivity contribution in [2.45, 2.75) is 45.3 Å². The van der Waals surface area contributed by atoms with Gasteiger partial charge in [0, 0.05) is 25.0 Å². The van der Waals surface area contributed by atoms with Crippen molar-refractivity contribution in [3.63, 3.8) is 0 Å². The van der Waals surface area contributed by atoms with Crippen molar-refractivity contribution < 1.29 is 4.79 Å². The molecular weight excluding hydrogens is 302 g/mol. The fourth-order valence-corrected chi connectivity index (χ4v) is 3.16. The molecule has 1 unspecified atom stereocenters. The number of rotatable bonds is 5. The predicted molar refractivity (Wildman–Crippen MR) is 92.5 cm³/mol. The van der Waals surface area contributed by atoms with Crippen LogP contribution in [0.25, 0.3) is 0 Å². The number of amides is 1. The summed E-state index contributed by atoms with van der Waals surface area (Å²) >= 11 is 0. The van der Waals surface area contributed by atoms with Crippen LogP contribution in [0.5, 0.6) is 0 Å². The Kier molecular flexibility index (Phi) is 5.59. The summed E-state index contributed by atoms with van der Waals surface area (Å²) in [5.74, 6) is 0.0484. The molecule has 1 saturated heterocycles. The highest BCUT2D eigenvalue weighted by Crippen LogP contribution is 2.19. The second-order valence-corrected chi connectivity index (χ2v) is 6.17. The summed E-state index contributed by atoms with van der Waals surface area (Å²) in [6, 6.07) is 6.08. The zero-order valence-electron chi connectivity index (χ0n) is 14.2. The average molecular weight is 327 g/mol. The van der Waals surface area contributed by atoms with Crippen LogP contribution < -0.4 is 5.32 Å². The van der Waals surface area contributed by atoms with Gasteiger partial charge in [-0.25, -0.2) is 0 Å². The molecule has 1 atom stereocenters. The van der Waals surface area contributed by atoms with Crippen LogP contribution >= 0.6 is 0 Å². The predicted octanol–water partition coefficient (Wildman–Crippen LogP) is 2.08. The topological polar surface area (TPSA) is 63.1 Å². The molecule has 24 heavy (non-hydrogen) atoms. The number of aromatic nitrogens is 3. The van der Waals surface area contributed by atoms with E-state index in [0.717, 1.165) is 44.6 Å². The lowest BCUT2D eigenvalue weighted by molar-refractivity contribution is 0.0642. The highest BCUT2D eigenvalue weighted by molar-refractivity contribution is 5.93. The van der Waals surface area contributed by atoms with Gasteiger partial charge >= 0.3 is 0 Å². The number of hydrogen-bond acceptors (Lipinski definition) is 4. The van der Waals surface area contributed by atoms with E-state index in [-0.39, 0.29) is 11.9 Å². The van der Waals surface area contributed by atoms with Crippen molar-refractivity contribution >= 4 is 5.91 Å². The van der Waals surface area contributed by atoms with Gasteiger partial charge in [0.1, 0.15) is 0 Å². The van der Waals surface area contributed by atoms with Crippen molar-refractivity contribution in [2.24, 2.45) is 0 Å². The van der Waals surface area contributed by atoms with Gasteiger partial charge in [0.05, 0.1) is 24.0 Å². The van der Waals surface area contributed by atoms with E-state index in [1.54, 1.807) is 17.1 Å². The van der Waals surface area contributed by atoms with Gasteiger partial charge in [-0.05, 0) is 51.4 Å². The molecule has 0 saturated carbocycles. The third kappa shape index (κ3) is 4.00. The van der Waals surface area contributed by atoms with Crippen molar-refractivity contribution in [1.29, 1.82) is 0 Å². The minimum absolute atomic E-state index is 0.0484. The van der Waals surface area contributed by atoms with Gasteiger partial charge in [0.25, 0.3) is 5.91 Å². The van der Waals surface area contributed by atoms with Crippen LogP contribution in [0.2, 0.25) is 0 Å². The number of carbonyl (C=O) groups is 1. The lowest BCUT2D eigenvalue weighted by Crippen LogP contribution is -2.40. The monoisotopic (exact) mass is 327 g/mol. The first-order valence-corrected chi connectivity index (χ1v) is 8.72. The zero-order valence-corrected chi connectivity index (χ0v) is 14.2. The lowest BCUT2D eigenvalue weighted by atomic mass is 10.1. The lowest BCUT2D eigenvalue weighted by Gasteiger charge is -2.30. The smallest absolute Gasteiger partial charge is 0.257 e. The third-order valence-electron chi connectivity index (χ3n) is 4.51. The van der Waals surface area contributed by atoms with Gasteiger partial charge in [-0.15, -0.1) is 0 Å². The number of aryl methyl sites for hydroxylation is 1. The molecule has 3 rings (SSSR count). The van der Waals surface area contributed by atoms with Crippen LogP contribution in [0.1, 0.15) is 42.2 Å². The molecule has 2 aromatic rings. The van der Waals surface area contributed by atoms with Crippen molar-refractivity contribution in [1.82, 2.24) is 25.0 Å². The number of pyridine rings is 1. The van der Waals surface area contributed by atoms with Crippen LogP contribution in [-0.2, 0) is 13.1 Å². The van der Waals surface area contributed by atoms with Gasteiger partial charge in [-0.1, -0.05) is 6.07 Å². The maximum absolute atomic E-state index is 13.1. The second kappa shape index (κ2) is 8.06. The molecule has 6 nitrogen and oxygen atoms in total. The summed E-state index contributed by atoms with van der Waals surface area (Å²) in [6.07, 6.45) is 8.37. The Hall–Kier alpha value is -2.21. The highest BCUT2D eigenvalue weighted by Gasteiger charge is 2.26. The number of nitrogens with zero attached hydrogens (tertiary/aromatic N) is 4. The molecule has 128 valence electrons. The molecule has 1 amide bonds. The molecule has 3 heterocycles. The largest absolute Gasteiger partial charge is 0.330 e. The van der Waals surface area contributed by atoms with Crippen molar-refractivity contribution in [3.05, 3.63) is 48.0 Å². The van der Waals surface area contributed by atoms with Crippen molar-refractivity contribution in [2.75, 3.05) is 13.1 Å². The first-order chi connectivity index (χ1) is 11.8. The highest BCUT2D eigenvalue weighted by atomic mass is 16.2. The quantitative estimate of drug-likeness (QED) is 0.913. The molecule has 6 heteroatoms. The van der Waals surface area contributed by atoms with Gasteiger partial charge in [0.2, 0.25) is 0 Å². The molecule has 1 N–H and O–H groups in total. The summed E-state index contributed by atoms with van der Waals surface area (Å²) in [4.78, 5) is 19.5. The third-order valence-corrected chi connectivity index (χ3v) is 4.51. The standard InChI is InChI=1S/C18H25N5O/c1-2-22-13-15(12-21-22)18(24)23(14-16-6-3-4-10-20-16)17-7-5-9-19-11-8-17/h3-4,6,10,12-13,17,19H,2,5,7-9,11,14H2,1H3. The van der Waals surface area contributed by atoms with Crippen LogP contribution in [0.15, 0.2) is 36.8 Å².